The van der Waals surface area contributed by atoms with E-state index in [9.17, 15) is 0 Å². The molecule has 2 aliphatic carbocycles. The summed E-state index contributed by atoms with van der Waals surface area (Å²) in [5, 5.41) is 2.34. The van der Waals surface area contributed by atoms with E-state index in [4.69, 9.17) is 4.42 Å². The molecule has 0 saturated carbocycles. The van der Waals surface area contributed by atoms with E-state index in [1.807, 2.05) is 6.07 Å². The number of aryl methyl sites for hydroxylation is 1. The fourth-order valence-electron chi connectivity index (χ4n) is 7.44. The molecule has 6 aromatic carbocycles. The second kappa shape index (κ2) is 7.36. The van der Waals surface area contributed by atoms with Crippen LogP contribution < -0.4 is 0 Å². The Bertz CT molecular complexity index is 2100. The number of hydrogen-bond donors (Lipinski definition) is 0. The summed E-state index contributed by atoms with van der Waals surface area (Å²) in [6.45, 7) is 2.21. The zero-order valence-corrected chi connectivity index (χ0v) is 21.5. The Morgan fingerprint density at radius 3 is 1.85 bits per heavy atom. The lowest BCUT2D eigenvalue weighted by molar-refractivity contribution is 0.669. The van der Waals surface area contributed by atoms with E-state index in [2.05, 4.69) is 128 Å². The first-order valence-corrected chi connectivity index (χ1v) is 13.6. The van der Waals surface area contributed by atoms with Gasteiger partial charge in [0.1, 0.15) is 11.2 Å². The van der Waals surface area contributed by atoms with Gasteiger partial charge in [0.05, 0.1) is 5.41 Å². The van der Waals surface area contributed by atoms with Crippen LogP contribution in [0.3, 0.4) is 0 Å². The molecule has 0 radical (unpaired) electrons. The summed E-state index contributed by atoms with van der Waals surface area (Å²) >= 11 is 0. The van der Waals surface area contributed by atoms with Crippen LogP contribution in [0.2, 0.25) is 0 Å². The molecule has 0 N–H and O–H groups in total. The van der Waals surface area contributed by atoms with Gasteiger partial charge in [0.25, 0.3) is 0 Å². The largest absolute Gasteiger partial charge is 0.456 e. The maximum absolute atomic E-state index is 6.26. The van der Waals surface area contributed by atoms with Crippen molar-refractivity contribution in [2.75, 3.05) is 0 Å². The predicted octanol–water partition coefficient (Wildman–Crippen LogP) is 9.90. The summed E-state index contributed by atoms with van der Waals surface area (Å²) < 4.78 is 6.26. The van der Waals surface area contributed by atoms with Crippen molar-refractivity contribution < 1.29 is 4.42 Å². The minimum Gasteiger partial charge on any atom is -0.456 e. The standard InChI is InChI=1S/C38H24O/c1-23-17-19-28-29-20-18-24(25-12-8-16-36-37(25)30-11-4-7-15-35(30)39-36)22-34(29)38(33(28)21-23)31-13-5-2-9-26(31)27-10-3-6-14-32(27)38/h2-22H,1H3. The third-order valence-corrected chi connectivity index (χ3v) is 8.96. The molecule has 0 atom stereocenters. The van der Waals surface area contributed by atoms with Gasteiger partial charge in [-0.15, -0.1) is 0 Å². The zero-order chi connectivity index (χ0) is 25.7. The van der Waals surface area contributed by atoms with Gasteiger partial charge in [-0.2, -0.15) is 0 Å². The van der Waals surface area contributed by atoms with Crippen LogP contribution in [0.5, 0.6) is 0 Å². The summed E-state index contributed by atoms with van der Waals surface area (Å²) in [4.78, 5) is 0. The topological polar surface area (TPSA) is 13.1 Å². The van der Waals surface area contributed by atoms with Crippen molar-refractivity contribution in [3.8, 4) is 33.4 Å². The molecule has 1 nitrogen and oxygen atoms in total. The third kappa shape index (κ3) is 2.55. The van der Waals surface area contributed by atoms with Gasteiger partial charge in [0, 0.05) is 10.8 Å². The molecule has 9 rings (SSSR count). The number of furan rings is 1. The Morgan fingerprint density at radius 2 is 1.05 bits per heavy atom. The van der Waals surface area contributed by atoms with Crippen LogP contribution in [0.15, 0.2) is 132 Å². The van der Waals surface area contributed by atoms with Crippen molar-refractivity contribution in [2.24, 2.45) is 0 Å². The van der Waals surface area contributed by atoms with Crippen molar-refractivity contribution >= 4 is 21.9 Å². The fraction of sp³-hybridized carbons (Fsp3) is 0.0526. The smallest absolute Gasteiger partial charge is 0.136 e. The van der Waals surface area contributed by atoms with Gasteiger partial charge in [-0.1, -0.05) is 115 Å². The molecule has 1 heterocycles. The lowest BCUT2D eigenvalue weighted by atomic mass is 9.70. The molecule has 39 heavy (non-hydrogen) atoms. The molecule has 2 aliphatic rings. The Kier molecular flexibility index (Phi) is 3.98. The highest BCUT2D eigenvalue weighted by Gasteiger charge is 2.51. The Balaban J connectivity index is 1.41. The van der Waals surface area contributed by atoms with Gasteiger partial charge >= 0.3 is 0 Å². The normalized spacial score (nSPS) is 14.0. The van der Waals surface area contributed by atoms with Crippen molar-refractivity contribution in [3.63, 3.8) is 0 Å². The quantitative estimate of drug-likeness (QED) is 0.220. The van der Waals surface area contributed by atoms with Gasteiger partial charge in [-0.25, -0.2) is 0 Å². The van der Waals surface area contributed by atoms with Crippen LogP contribution in [-0.2, 0) is 5.41 Å². The van der Waals surface area contributed by atoms with E-state index in [0.717, 1.165) is 16.6 Å². The van der Waals surface area contributed by atoms with Crippen LogP contribution in [0.1, 0.15) is 27.8 Å². The second-order valence-corrected chi connectivity index (χ2v) is 10.9. The molecule has 7 aromatic rings. The number of para-hydroxylation sites is 1. The average Bonchev–Trinajstić information content (AvgIpc) is 3.60. The molecule has 0 amide bonds. The Hall–Kier alpha value is -4.88. The highest BCUT2D eigenvalue weighted by Crippen LogP contribution is 2.63. The first-order valence-electron chi connectivity index (χ1n) is 13.6. The first kappa shape index (κ1) is 21.1. The van der Waals surface area contributed by atoms with E-state index in [-0.39, 0.29) is 5.41 Å². The molecule has 182 valence electrons. The van der Waals surface area contributed by atoms with Gasteiger partial charge in [0.2, 0.25) is 0 Å². The molecule has 0 unspecified atom stereocenters. The van der Waals surface area contributed by atoms with E-state index in [0.29, 0.717) is 0 Å². The Labute approximate surface area is 227 Å². The van der Waals surface area contributed by atoms with Crippen LogP contribution >= 0.6 is 0 Å². The van der Waals surface area contributed by atoms with Crippen LogP contribution in [0.4, 0.5) is 0 Å². The van der Waals surface area contributed by atoms with Crippen molar-refractivity contribution in [3.05, 3.63) is 155 Å². The molecule has 0 bridgehead atoms. The molecule has 1 spiro atoms. The van der Waals surface area contributed by atoms with Crippen LogP contribution in [-0.4, -0.2) is 0 Å². The number of fused-ring (bicyclic) bond motifs is 13. The lowest BCUT2D eigenvalue weighted by Gasteiger charge is -2.31. The van der Waals surface area contributed by atoms with Crippen molar-refractivity contribution in [1.29, 1.82) is 0 Å². The molecule has 0 aliphatic heterocycles. The van der Waals surface area contributed by atoms with Gasteiger partial charge < -0.3 is 4.42 Å². The van der Waals surface area contributed by atoms with E-state index in [1.165, 1.54) is 66.6 Å². The number of rotatable bonds is 1. The average molecular weight is 497 g/mol. The SMILES string of the molecule is Cc1ccc2c(c1)C1(c3ccccc3-c3ccccc31)c1cc(-c3cccc4oc5ccccc5c34)ccc1-2. The van der Waals surface area contributed by atoms with Gasteiger partial charge in [-0.3, -0.25) is 0 Å². The van der Waals surface area contributed by atoms with E-state index >= 15 is 0 Å². The van der Waals surface area contributed by atoms with Gasteiger partial charge in [0.15, 0.2) is 0 Å². The number of hydrogen-bond acceptors (Lipinski definition) is 1. The molecule has 0 fully saturated rings. The Morgan fingerprint density at radius 1 is 0.462 bits per heavy atom. The molecular weight excluding hydrogens is 472 g/mol. The lowest BCUT2D eigenvalue weighted by Crippen LogP contribution is -2.26. The minimum atomic E-state index is -0.341. The van der Waals surface area contributed by atoms with Gasteiger partial charge in [-0.05, 0) is 80.8 Å². The summed E-state index contributed by atoms with van der Waals surface area (Å²) in [6.07, 6.45) is 0. The fourth-order valence-corrected chi connectivity index (χ4v) is 7.44. The van der Waals surface area contributed by atoms with E-state index in [1.54, 1.807) is 0 Å². The summed E-state index contributed by atoms with van der Waals surface area (Å²) in [5.41, 5.74) is 16.1. The zero-order valence-electron chi connectivity index (χ0n) is 21.5. The van der Waals surface area contributed by atoms with Crippen molar-refractivity contribution in [1.82, 2.24) is 0 Å². The first-order chi connectivity index (χ1) is 19.2. The molecule has 1 aromatic heterocycles. The summed E-state index contributed by atoms with van der Waals surface area (Å²) in [6, 6.07) is 46.9. The third-order valence-electron chi connectivity index (χ3n) is 8.96. The van der Waals surface area contributed by atoms with Crippen LogP contribution in [0, 0.1) is 6.92 Å². The summed E-state index contributed by atoms with van der Waals surface area (Å²) in [7, 11) is 0. The second-order valence-electron chi connectivity index (χ2n) is 10.9. The maximum Gasteiger partial charge on any atom is 0.136 e. The minimum absolute atomic E-state index is 0.341. The molecule has 0 saturated heterocycles. The molecule has 1 heteroatoms. The van der Waals surface area contributed by atoms with Crippen LogP contribution in [0.25, 0.3) is 55.3 Å². The highest BCUT2D eigenvalue weighted by atomic mass is 16.3. The van der Waals surface area contributed by atoms with Crippen molar-refractivity contribution in [2.45, 2.75) is 12.3 Å². The van der Waals surface area contributed by atoms with E-state index < -0.39 is 0 Å². The highest BCUT2D eigenvalue weighted by molar-refractivity contribution is 6.12. The summed E-state index contributed by atoms with van der Waals surface area (Å²) in [5.74, 6) is 0. The maximum atomic E-state index is 6.26. The molecular formula is C38H24O. The predicted molar refractivity (Wildman–Crippen MR) is 160 cm³/mol. The monoisotopic (exact) mass is 496 g/mol. The number of benzene rings is 6.